The van der Waals surface area contributed by atoms with Crippen LogP contribution >= 0.6 is 0 Å². The van der Waals surface area contributed by atoms with Gasteiger partial charge in [-0.25, -0.2) is 0 Å². The summed E-state index contributed by atoms with van der Waals surface area (Å²) in [6.07, 6.45) is 3.38. The van der Waals surface area contributed by atoms with Crippen LogP contribution in [0.4, 0.5) is 5.69 Å². The van der Waals surface area contributed by atoms with E-state index in [0.29, 0.717) is 19.8 Å². The second kappa shape index (κ2) is 8.40. The van der Waals surface area contributed by atoms with Gasteiger partial charge >= 0.3 is 0 Å². The molecule has 2 fully saturated rings. The highest BCUT2D eigenvalue weighted by Crippen LogP contribution is 2.22. The minimum Gasteiger partial charge on any atom is -0.381 e. The molecule has 0 aromatic heterocycles. The molecule has 7 nitrogen and oxygen atoms in total. The molecule has 0 atom stereocenters. The molecule has 2 aliphatic rings. The first kappa shape index (κ1) is 17.8. The lowest BCUT2D eigenvalue weighted by Gasteiger charge is -2.33. The molecule has 1 N–H and O–H groups in total. The van der Waals surface area contributed by atoms with E-state index in [0.717, 1.165) is 44.3 Å². The van der Waals surface area contributed by atoms with Crippen LogP contribution in [0.25, 0.3) is 0 Å². The molecule has 3 rings (SSSR count). The quantitative estimate of drug-likeness (QED) is 0.651. The number of nitro benzene ring substituents is 1. The zero-order valence-electron chi connectivity index (χ0n) is 14.4. The van der Waals surface area contributed by atoms with Gasteiger partial charge in [0.15, 0.2) is 0 Å². The molecule has 25 heavy (non-hydrogen) atoms. The molecule has 0 radical (unpaired) electrons. The van der Waals surface area contributed by atoms with Crippen molar-refractivity contribution in [2.75, 3.05) is 26.3 Å². The Labute approximate surface area is 147 Å². The lowest BCUT2D eigenvalue weighted by atomic mass is 9.97. The van der Waals surface area contributed by atoms with Crippen LogP contribution in [-0.4, -0.2) is 48.1 Å². The number of nitro groups is 1. The van der Waals surface area contributed by atoms with E-state index in [1.165, 1.54) is 0 Å². The molecule has 0 aliphatic carbocycles. The van der Waals surface area contributed by atoms with Crippen molar-refractivity contribution in [1.29, 1.82) is 0 Å². The van der Waals surface area contributed by atoms with Crippen molar-refractivity contribution < 1.29 is 14.5 Å². The fourth-order valence-electron chi connectivity index (χ4n) is 3.58. The number of likely N-dealkylation sites (tertiary alicyclic amines) is 1. The number of amides is 1. The van der Waals surface area contributed by atoms with Gasteiger partial charge in [-0.15, -0.1) is 0 Å². The van der Waals surface area contributed by atoms with Gasteiger partial charge in [0.25, 0.3) is 5.69 Å². The lowest BCUT2D eigenvalue weighted by Crippen LogP contribution is -2.46. The number of para-hydroxylation sites is 1. The summed E-state index contributed by atoms with van der Waals surface area (Å²) in [4.78, 5) is 25.3. The highest BCUT2D eigenvalue weighted by Gasteiger charge is 2.26. The topological polar surface area (TPSA) is 84.7 Å². The van der Waals surface area contributed by atoms with E-state index in [4.69, 9.17) is 4.74 Å². The van der Waals surface area contributed by atoms with E-state index in [-0.39, 0.29) is 28.5 Å². The third-order valence-corrected chi connectivity index (χ3v) is 5.11. The van der Waals surface area contributed by atoms with Crippen LogP contribution in [-0.2, 0) is 16.1 Å². The Kier molecular flexibility index (Phi) is 5.99. The molecule has 1 amide bonds. The molecule has 0 spiro atoms. The number of carbonyl (C=O) groups is 1. The Balaban J connectivity index is 1.47. The third kappa shape index (κ3) is 4.76. The third-order valence-electron chi connectivity index (χ3n) is 5.11. The average Bonchev–Trinajstić information content (AvgIpc) is 2.64. The highest BCUT2D eigenvalue weighted by molar-refractivity contribution is 5.79. The van der Waals surface area contributed by atoms with Crippen molar-refractivity contribution in [3.8, 4) is 0 Å². The molecule has 0 unspecified atom stereocenters. The number of hydrogen-bond acceptors (Lipinski definition) is 5. The van der Waals surface area contributed by atoms with Gasteiger partial charge in [-0.2, -0.15) is 0 Å². The fourth-order valence-corrected chi connectivity index (χ4v) is 3.58. The van der Waals surface area contributed by atoms with Crippen molar-refractivity contribution in [2.45, 2.75) is 38.3 Å². The summed E-state index contributed by atoms with van der Waals surface area (Å²) >= 11 is 0. The summed E-state index contributed by atoms with van der Waals surface area (Å²) < 4.78 is 5.30. The number of carbonyl (C=O) groups excluding carboxylic acids is 1. The van der Waals surface area contributed by atoms with Crippen LogP contribution in [0, 0.1) is 16.0 Å². The number of rotatable bonds is 5. The summed E-state index contributed by atoms with van der Waals surface area (Å²) in [6, 6.07) is 7.10. The number of piperidine rings is 1. The Bertz CT molecular complexity index is 608. The lowest BCUT2D eigenvalue weighted by molar-refractivity contribution is -0.385. The smallest absolute Gasteiger partial charge is 0.273 e. The molecule has 0 bridgehead atoms. The first-order chi connectivity index (χ1) is 12.1. The van der Waals surface area contributed by atoms with Crippen LogP contribution < -0.4 is 5.32 Å². The Morgan fingerprint density at radius 1 is 1.20 bits per heavy atom. The zero-order valence-corrected chi connectivity index (χ0v) is 14.4. The maximum absolute atomic E-state index is 12.3. The van der Waals surface area contributed by atoms with E-state index in [2.05, 4.69) is 10.2 Å². The molecule has 136 valence electrons. The van der Waals surface area contributed by atoms with Crippen molar-refractivity contribution in [1.82, 2.24) is 10.2 Å². The van der Waals surface area contributed by atoms with Crippen molar-refractivity contribution in [3.63, 3.8) is 0 Å². The largest absolute Gasteiger partial charge is 0.381 e. The minimum absolute atomic E-state index is 0.0822. The van der Waals surface area contributed by atoms with Gasteiger partial charge in [0, 0.05) is 56.4 Å². The number of nitrogens with one attached hydrogen (secondary N) is 1. The van der Waals surface area contributed by atoms with Gasteiger partial charge in [-0.1, -0.05) is 18.2 Å². The predicted molar refractivity (Wildman–Crippen MR) is 93.1 cm³/mol. The minimum atomic E-state index is -0.323. The number of nitrogens with zero attached hydrogens (tertiary/aromatic N) is 2. The zero-order chi connectivity index (χ0) is 17.6. The maximum Gasteiger partial charge on any atom is 0.273 e. The predicted octanol–water partition coefficient (Wildman–Crippen LogP) is 2.10. The summed E-state index contributed by atoms with van der Waals surface area (Å²) in [7, 11) is 0. The fraction of sp³-hybridized carbons (Fsp3) is 0.611. The number of ether oxygens (including phenoxy) is 1. The summed E-state index contributed by atoms with van der Waals surface area (Å²) in [6.45, 7) is 3.60. The van der Waals surface area contributed by atoms with E-state index in [9.17, 15) is 14.9 Å². The van der Waals surface area contributed by atoms with Gasteiger partial charge < -0.3 is 10.1 Å². The van der Waals surface area contributed by atoms with E-state index in [1.807, 2.05) is 12.1 Å². The van der Waals surface area contributed by atoms with E-state index >= 15 is 0 Å². The van der Waals surface area contributed by atoms with Crippen molar-refractivity contribution >= 4 is 11.6 Å². The normalized spacial score (nSPS) is 20.3. The first-order valence-corrected chi connectivity index (χ1v) is 8.96. The maximum atomic E-state index is 12.3. The van der Waals surface area contributed by atoms with Crippen LogP contribution in [0.5, 0.6) is 0 Å². The molecule has 2 aliphatic heterocycles. The van der Waals surface area contributed by atoms with Gasteiger partial charge in [-0.05, 0) is 25.7 Å². The Hall–Kier alpha value is -1.99. The van der Waals surface area contributed by atoms with Crippen LogP contribution in [0.2, 0.25) is 0 Å². The molecule has 1 aromatic rings. The number of benzene rings is 1. The second-order valence-corrected chi connectivity index (χ2v) is 6.83. The van der Waals surface area contributed by atoms with Gasteiger partial charge in [0.2, 0.25) is 5.91 Å². The standard InChI is InChI=1S/C18H25N3O4/c22-18(14-7-11-25-12-8-14)19-16-5-9-20(10-6-16)13-15-3-1-2-4-17(15)21(23)24/h1-4,14,16H,5-13H2,(H,19,22). The molecule has 1 aromatic carbocycles. The van der Waals surface area contributed by atoms with Gasteiger partial charge in [-0.3, -0.25) is 19.8 Å². The van der Waals surface area contributed by atoms with Gasteiger partial charge in [0.05, 0.1) is 4.92 Å². The van der Waals surface area contributed by atoms with Crippen LogP contribution in [0.15, 0.2) is 24.3 Å². The average molecular weight is 347 g/mol. The first-order valence-electron chi connectivity index (χ1n) is 8.96. The van der Waals surface area contributed by atoms with Crippen molar-refractivity contribution in [3.05, 3.63) is 39.9 Å². The molecule has 7 heteroatoms. The molecular formula is C18H25N3O4. The van der Waals surface area contributed by atoms with Crippen LogP contribution in [0.1, 0.15) is 31.2 Å². The molecule has 2 heterocycles. The monoisotopic (exact) mass is 347 g/mol. The SMILES string of the molecule is O=C(NC1CCN(Cc2ccccc2[N+](=O)[O-])CC1)C1CCOCC1. The van der Waals surface area contributed by atoms with Crippen molar-refractivity contribution in [2.24, 2.45) is 5.92 Å². The summed E-state index contributed by atoms with van der Waals surface area (Å²) in [5.74, 6) is 0.235. The van der Waals surface area contributed by atoms with Crippen LogP contribution in [0.3, 0.4) is 0 Å². The second-order valence-electron chi connectivity index (χ2n) is 6.83. The highest BCUT2D eigenvalue weighted by atomic mass is 16.6. The molecular weight excluding hydrogens is 322 g/mol. The Morgan fingerprint density at radius 3 is 2.56 bits per heavy atom. The van der Waals surface area contributed by atoms with E-state index in [1.54, 1.807) is 12.1 Å². The van der Waals surface area contributed by atoms with E-state index < -0.39 is 0 Å². The molecule has 0 saturated carbocycles. The summed E-state index contributed by atoms with van der Waals surface area (Å²) in [5.41, 5.74) is 0.926. The molecule has 2 saturated heterocycles. The Morgan fingerprint density at radius 2 is 1.88 bits per heavy atom. The summed E-state index contributed by atoms with van der Waals surface area (Å²) in [5, 5.41) is 14.3. The van der Waals surface area contributed by atoms with Gasteiger partial charge in [0.1, 0.15) is 0 Å². The number of hydrogen-bond donors (Lipinski definition) is 1.